The molecule has 1 amide bonds. The van der Waals surface area contributed by atoms with Gasteiger partial charge in [0.15, 0.2) is 0 Å². The van der Waals surface area contributed by atoms with Crippen molar-refractivity contribution in [1.82, 2.24) is 15.5 Å². The third-order valence-electron chi connectivity index (χ3n) is 6.90. The van der Waals surface area contributed by atoms with E-state index in [1.54, 1.807) is 0 Å². The number of anilines is 1. The summed E-state index contributed by atoms with van der Waals surface area (Å²) in [6.45, 7) is 6.84. The number of hydrogen-bond acceptors (Lipinski definition) is 5. The van der Waals surface area contributed by atoms with Gasteiger partial charge in [-0.3, -0.25) is 9.69 Å². The zero-order chi connectivity index (χ0) is 23.7. The van der Waals surface area contributed by atoms with Crippen LogP contribution in [0.5, 0.6) is 0 Å². The average molecular weight is 501 g/mol. The second-order valence-electron chi connectivity index (χ2n) is 9.30. The maximum atomic E-state index is 13.6. The van der Waals surface area contributed by atoms with Crippen molar-refractivity contribution in [2.75, 3.05) is 44.3 Å². The van der Waals surface area contributed by atoms with Gasteiger partial charge in [0.25, 0.3) is 5.91 Å². The van der Waals surface area contributed by atoms with Crippen LogP contribution in [0.4, 0.5) is 5.69 Å². The molecule has 6 nitrogen and oxygen atoms in total. The molecule has 0 radical (unpaired) electrons. The van der Waals surface area contributed by atoms with Gasteiger partial charge >= 0.3 is 0 Å². The van der Waals surface area contributed by atoms with E-state index in [2.05, 4.69) is 27.4 Å². The number of ether oxygens (including phenoxy) is 1. The quantitative estimate of drug-likeness (QED) is 0.591. The first kappa shape index (κ1) is 23.5. The minimum Gasteiger partial charge on any atom is -0.379 e. The minimum atomic E-state index is -0.428. The van der Waals surface area contributed by atoms with Crippen LogP contribution in [0, 0.1) is 5.92 Å². The summed E-state index contributed by atoms with van der Waals surface area (Å²) in [6, 6.07) is 15.5. The van der Waals surface area contributed by atoms with Crippen LogP contribution in [-0.2, 0) is 9.53 Å². The fourth-order valence-corrected chi connectivity index (χ4v) is 5.26. The molecule has 1 atom stereocenters. The zero-order valence-corrected chi connectivity index (χ0v) is 20.8. The fourth-order valence-electron chi connectivity index (χ4n) is 4.94. The molecule has 2 fully saturated rings. The van der Waals surface area contributed by atoms with Crippen molar-refractivity contribution in [3.05, 3.63) is 69.8 Å². The molecule has 0 aromatic heterocycles. The molecule has 1 saturated carbocycles. The van der Waals surface area contributed by atoms with E-state index in [0.717, 1.165) is 62.6 Å². The van der Waals surface area contributed by atoms with Crippen LogP contribution >= 0.6 is 23.2 Å². The Hall–Kier alpha value is -2.25. The highest BCUT2D eigenvalue weighted by atomic mass is 35.5. The first-order valence-corrected chi connectivity index (χ1v) is 12.6. The molecule has 1 unspecified atom stereocenters. The van der Waals surface area contributed by atoms with Gasteiger partial charge in [0.1, 0.15) is 11.4 Å². The first-order valence-electron chi connectivity index (χ1n) is 11.9. The molecule has 34 heavy (non-hydrogen) atoms. The number of nitrogens with zero attached hydrogens (tertiary/aromatic N) is 2. The number of morpholine rings is 1. The van der Waals surface area contributed by atoms with Crippen molar-refractivity contribution in [2.24, 2.45) is 5.92 Å². The van der Waals surface area contributed by atoms with E-state index in [1.165, 1.54) is 0 Å². The Morgan fingerprint density at radius 2 is 1.85 bits per heavy atom. The fraction of sp³-hybridized carbons (Fsp3) is 0.423. The molecular weight excluding hydrogens is 471 g/mol. The number of carbonyl (C=O) groups excluding carboxylic acids is 1. The van der Waals surface area contributed by atoms with Gasteiger partial charge in [-0.05, 0) is 56.2 Å². The van der Waals surface area contributed by atoms with Crippen molar-refractivity contribution in [3.63, 3.8) is 0 Å². The third-order valence-corrected chi connectivity index (χ3v) is 7.39. The number of nitrogens with one attached hydrogen (secondary N) is 2. The summed E-state index contributed by atoms with van der Waals surface area (Å²) in [4.78, 5) is 18.1. The normalized spacial score (nSPS) is 23.2. The van der Waals surface area contributed by atoms with Gasteiger partial charge in [-0.1, -0.05) is 35.3 Å². The molecule has 3 aliphatic rings. The lowest BCUT2D eigenvalue weighted by atomic mass is 10.0. The van der Waals surface area contributed by atoms with Crippen LogP contribution in [0.3, 0.4) is 0 Å². The molecule has 5 rings (SSSR count). The van der Waals surface area contributed by atoms with Crippen molar-refractivity contribution >= 4 is 40.5 Å². The summed E-state index contributed by atoms with van der Waals surface area (Å²) in [6.07, 6.45) is 2.23. The van der Waals surface area contributed by atoms with Crippen molar-refractivity contribution in [1.29, 1.82) is 0 Å². The van der Waals surface area contributed by atoms with Gasteiger partial charge in [0.2, 0.25) is 0 Å². The lowest BCUT2D eigenvalue weighted by molar-refractivity contribution is -0.118. The predicted molar refractivity (Wildman–Crippen MR) is 137 cm³/mol. The Kier molecular flexibility index (Phi) is 6.76. The smallest absolute Gasteiger partial charge is 0.269 e. The summed E-state index contributed by atoms with van der Waals surface area (Å²) >= 11 is 12.6. The second-order valence-corrected chi connectivity index (χ2v) is 10.2. The molecule has 8 heteroatoms. The zero-order valence-electron chi connectivity index (χ0n) is 19.3. The molecule has 1 saturated heterocycles. The van der Waals surface area contributed by atoms with Gasteiger partial charge < -0.3 is 20.3 Å². The summed E-state index contributed by atoms with van der Waals surface area (Å²) in [7, 11) is 0. The number of rotatable bonds is 7. The van der Waals surface area contributed by atoms with Gasteiger partial charge in [0.05, 0.1) is 18.9 Å². The number of benzene rings is 2. The van der Waals surface area contributed by atoms with E-state index in [4.69, 9.17) is 27.9 Å². The molecule has 2 aliphatic heterocycles. The van der Waals surface area contributed by atoms with E-state index >= 15 is 0 Å². The maximum absolute atomic E-state index is 13.6. The average Bonchev–Trinajstić information content (AvgIpc) is 3.65. The Bertz CT molecular complexity index is 1080. The largest absolute Gasteiger partial charge is 0.379 e. The molecule has 2 N–H and O–H groups in total. The molecule has 2 heterocycles. The molecule has 2 aromatic carbocycles. The molecule has 1 aliphatic carbocycles. The van der Waals surface area contributed by atoms with Crippen LogP contribution in [-0.4, -0.2) is 55.9 Å². The lowest BCUT2D eigenvalue weighted by Crippen LogP contribution is -2.53. The third kappa shape index (κ3) is 4.78. The monoisotopic (exact) mass is 500 g/mol. The summed E-state index contributed by atoms with van der Waals surface area (Å²) in [5.41, 5.74) is 2.87. The number of hydrogen-bond donors (Lipinski definition) is 2. The van der Waals surface area contributed by atoms with E-state index < -0.39 is 5.66 Å². The van der Waals surface area contributed by atoms with E-state index in [1.807, 2.05) is 48.5 Å². The summed E-state index contributed by atoms with van der Waals surface area (Å²) < 4.78 is 5.42. The molecular formula is C26H30Cl2N4O2. The van der Waals surface area contributed by atoms with Crippen LogP contribution in [0.25, 0.3) is 5.70 Å². The van der Waals surface area contributed by atoms with Crippen LogP contribution in [0.2, 0.25) is 10.0 Å². The molecule has 180 valence electrons. The lowest BCUT2D eigenvalue weighted by Gasteiger charge is -2.39. The second kappa shape index (κ2) is 9.78. The minimum absolute atomic E-state index is 0.105. The maximum Gasteiger partial charge on any atom is 0.269 e. The van der Waals surface area contributed by atoms with Gasteiger partial charge in [-0.2, -0.15) is 0 Å². The van der Waals surface area contributed by atoms with E-state index in [-0.39, 0.29) is 5.91 Å². The number of carbonyl (C=O) groups is 1. The summed E-state index contributed by atoms with van der Waals surface area (Å²) in [5, 5.41) is 8.09. The Labute approximate surface area is 210 Å². The number of amides is 1. The van der Waals surface area contributed by atoms with Crippen LogP contribution < -0.4 is 15.5 Å². The van der Waals surface area contributed by atoms with Crippen LogP contribution in [0.1, 0.15) is 25.3 Å². The van der Waals surface area contributed by atoms with Crippen molar-refractivity contribution in [2.45, 2.75) is 25.4 Å². The van der Waals surface area contributed by atoms with E-state index in [9.17, 15) is 4.79 Å². The highest BCUT2D eigenvalue weighted by Gasteiger charge is 2.53. The van der Waals surface area contributed by atoms with Crippen molar-refractivity contribution in [3.8, 4) is 0 Å². The highest BCUT2D eigenvalue weighted by Crippen LogP contribution is 2.50. The predicted octanol–water partition coefficient (Wildman–Crippen LogP) is 4.35. The van der Waals surface area contributed by atoms with Gasteiger partial charge in [0, 0.05) is 53.4 Å². The summed E-state index contributed by atoms with van der Waals surface area (Å²) in [5.74, 6) is 0.322. The SMILES string of the molecule is CC1(C2CC2)NC(C(=O)NCCN2CCOCC2)=C(c2cccc(Cl)c2)N1c1ccc(Cl)cc1. The van der Waals surface area contributed by atoms with Gasteiger partial charge in [-0.25, -0.2) is 0 Å². The van der Waals surface area contributed by atoms with Gasteiger partial charge in [-0.15, -0.1) is 0 Å². The standard InChI is InChI=1S/C26H30Cl2N4O2/c1-26(19-5-6-19)30-23(25(33)29-11-12-31-13-15-34-16-14-31)24(18-3-2-4-21(28)17-18)32(26)22-9-7-20(27)8-10-22/h2-4,7-10,17,19,30H,5-6,11-16H2,1H3,(H,29,33). The highest BCUT2D eigenvalue weighted by molar-refractivity contribution is 6.31. The Morgan fingerprint density at radius 3 is 2.53 bits per heavy atom. The van der Waals surface area contributed by atoms with Crippen molar-refractivity contribution < 1.29 is 9.53 Å². The topological polar surface area (TPSA) is 56.8 Å². The van der Waals surface area contributed by atoms with E-state index in [0.29, 0.717) is 28.2 Å². The Morgan fingerprint density at radius 1 is 1.12 bits per heavy atom. The van der Waals surface area contributed by atoms with Crippen LogP contribution in [0.15, 0.2) is 54.2 Å². The molecule has 0 bridgehead atoms. The Balaban J connectivity index is 1.49. The first-order chi connectivity index (χ1) is 16.5. The molecule has 0 spiro atoms. The number of halogens is 2. The molecule has 2 aromatic rings.